The lowest BCUT2D eigenvalue weighted by atomic mass is 9.98. The number of ether oxygens (including phenoxy) is 3. The highest BCUT2D eigenvalue weighted by atomic mass is 16.5. The summed E-state index contributed by atoms with van der Waals surface area (Å²) in [4.78, 5) is 21.6. The molecule has 1 aromatic carbocycles. The Morgan fingerprint density at radius 1 is 1.07 bits per heavy atom. The second-order valence-electron chi connectivity index (χ2n) is 7.24. The molecule has 2 aliphatic heterocycles. The number of nitrogens with zero attached hydrogens (tertiary/aromatic N) is 3. The maximum absolute atomic E-state index is 13.1. The largest absolute Gasteiger partial charge is 0.484 e. The van der Waals surface area contributed by atoms with Gasteiger partial charge in [-0.05, 0) is 23.8 Å². The van der Waals surface area contributed by atoms with Gasteiger partial charge in [0.05, 0.1) is 32.0 Å². The molecule has 2 aromatic rings. The van der Waals surface area contributed by atoms with E-state index in [1.54, 1.807) is 6.20 Å². The smallest absolute Gasteiger partial charge is 0.261 e. The van der Waals surface area contributed by atoms with Crippen LogP contribution < -0.4 is 4.74 Å². The fraction of sp³-hybridized carbons (Fsp3) is 0.455. The standard InChI is InChI=1S/C22H27N3O4/c26-21(17-29-19-6-2-1-3-7-19)25-11-14-28-20(16-24-9-12-27-13-10-24)22(25)18-5-4-8-23-15-18/h1-8,15,20,22H,9-14,16-17H2/t20-,22-/m0/s1. The zero-order valence-corrected chi connectivity index (χ0v) is 16.5. The summed E-state index contributed by atoms with van der Waals surface area (Å²) in [5, 5.41) is 0. The van der Waals surface area contributed by atoms with Crippen molar-refractivity contribution in [3.63, 3.8) is 0 Å². The van der Waals surface area contributed by atoms with Gasteiger partial charge in [-0.15, -0.1) is 0 Å². The van der Waals surface area contributed by atoms with Crippen molar-refractivity contribution in [1.29, 1.82) is 0 Å². The Morgan fingerprint density at radius 3 is 2.66 bits per heavy atom. The molecule has 4 rings (SSSR count). The van der Waals surface area contributed by atoms with Crippen molar-refractivity contribution in [2.24, 2.45) is 0 Å². The van der Waals surface area contributed by atoms with E-state index in [4.69, 9.17) is 14.2 Å². The molecular weight excluding hydrogens is 370 g/mol. The summed E-state index contributed by atoms with van der Waals surface area (Å²) in [6.07, 6.45) is 3.45. The van der Waals surface area contributed by atoms with Crippen LogP contribution in [0.15, 0.2) is 54.9 Å². The molecule has 154 valence electrons. The lowest BCUT2D eigenvalue weighted by Crippen LogP contribution is -2.54. The summed E-state index contributed by atoms with van der Waals surface area (Å²) in [6, 6.07) is 13.1. The molecule has 0 radical (unpaired) electrons. The van der Waals surface area contributed by atoms with Crippen LogP contribution in [0.25, 0.3) is 0 Å². The van der Waals surface area contributed by atoms with E-state index in [0.717, 1.165) is 38.4 Å². The van der Waals surface area contributed by atoms with Gasteiger partial charge in [-0.1, -0.05) is 24.3 Å². The lowest BCUT2D eigenvalue weighted by Gasteiger charge is -2.43. The van der Waals surface area contributed by atoms with Crippen LogP contribution in [0.4, 0.5) is 0 Å². The third-order valence-electron chi connectivity index (χ3n) is 5.35. The van der Waals surface area contributed by atoms with Gasteiger partial charge in [0, 0.05) is 38.6 Å². The zero-order chi connectivity index (χ0) is 19.9. The van der Waals surface area contributed by atoms with E-state index in [9.17, 15) is 4.79 Å². The molecule has 0 saturated carbocycles. The van der Waals surface area contributed by atoms with Crippen molar-refractivity contribution in [3.05, 3.63) is 60.4 Å². The van der Waals surface area contributed by atoms with Crippen molar-refractivity contribution in [3.8, 4) is 5.75 Å². The molecule has 7 heteroatoms. The fourth-order valence-corrected chi connectivity index (χ4v) is 3.89. The first-order chi connectivity index (χ1) is 14.3. The van der Waals surface area contributed by atoms with Crippen LogP contribution in [0, 0.1) is 0 Å². The third-order valence-corrected chi connectivity index (χ3v) is 5.35. The van der Waals surface area contributed by atoms with Crippen LogP contribution in [0.2, 0.25) is 0 Å². The number of benzene rings is 1. The summed E-state index contributed by atoms with van der Waals surface area (Å²) in [7, 11) is 0. The number of hydrogen-bond acceptors (Lipinski definition) is 6. The molecule has 2 atom stereocenters. The highest BCUT2D eigenvalue weighted by molar-refractivity contribution is 5.78. The van der Waals surface area contributed by atoms with E-state index in [2.05, 4.69) is 9.88 Å². The van der Waals surface area contributed by atoms with E-state index >= 15 is 0 Å². The Labute approximate surface area is 171 Å². The minimum atomic E-state index is -0.188. The molecule has 0 aliphatic carbocycles. The van der Waals surface area contributed by atoms with Crippen molar-refractivity contribution in [2.45, 2.75) is 12.1 Å². The van der Waals surface area contributed by atoms with Gasteiger partial charge in [0.1, 0.15) is 5.75 Å². The lowest BCUT2D eigenvalue weighted by molar-refractivity contribution is -0.151. The van der Waals surface area contributed by atoms with Gasteiger partial charge in [-0.25, -0.2) is 0 Å². The number of pyridine rings is 1. The first-order valence-electron chi connectivity index (χ1n) is 10.1. The number of amides is 1. The van der Waals surface area contributed by atoms with Gasteiger partial charge in [0.25, 0.3) is 5.91 Å². The summed E-state index contributed by atoms with van der Waals surface area (Å²) in [5.74, 6) is 0.648. The highest BCUT2D eigenvalue weighted by Gasteiger charge is 2.37. The number of carbonyl (C=O) groups is 1. The topological polar surface area (TPSA) is 64.1 Å². The van der Waals surface area contributed by atoms with Crippen LogP contribution in [0.5, 0.6) is 5.75 Å². The van der Waals surface area contributed by atoms with Gasteiger partial charge in [-0.2, -0.15) is 0 Å². The second kappa shape index (κ2) is 9.82. The van der Waals surface area contributed by atoms with Gasteiger partial charge in [-0.3, -0.25) is 14.7 Å². The third kappa shape index (κ3) is 5.12. The molecule has 7 nitrogen and oxygen atoms in total. The van der Waals surface area contributed by atoms with E-state index in [1.165, 1.54) is 0 Å². The van der Waals surface area contributed by atoms with E-state index < -0.39 is 0 Å². The molecule has 0 spiro atoms. The maximum atomic E-state index is 13.1. The number of para-hydroxylation sites is 1. The van der Waals surface area contributed by atoms with Gasteiger partial charge in [0.15, 0.2) is 6.61 Å². The van der Waals surface area contributed by atoms with Gasteiger partial charge < -0.3 is 19.1 Å². The normalized spacial score (nSPS) is 23.0. The molecule has 0 unspecified atom stereocenters. The molecule has 1 aromatic heterocycles. The quantitative estimate of drug-likeness (QED) is 0.740. The number of morpholine rings is 2. The van der Waals surface area contributed by atoms with Crippen LogP contribution in [-0.2, 0) is 14.3 Å². The summed E-state index contributed by atoms with van der Waals surface area (Å²) >= 11 is 0. The molecule has 29 heavy (non-hydrogen) atoms. The highest BCUT2D eigenvalue weighted by Crippen LogP contribution is 2.30. The molecule has 3 heterocycles. The number of hydrogen-bond donors (Lipinski definition) is 0. The van der Waals surface area contributed by atoms with E-state index in [0.29, 0.717) is 18.9 Å². The second-order valence-corrected chi connectivity index (χ2v) is 7.24. The first-order valence-corrected chi connectivity index (χ1v) is 10.1. The molecule has 2 fully saturated rings. The Balaban J connectivity index is 1.49. The van der Waals surface area contributed by atoms with Crippen LogP contribution in [0.3, 0.4) is 0 Å². The monoisotopic (exact) mass is 397 g/mol. The molecule has 2 aliphatic rings. The SMILES string of the molecule is O=C(COc1ccccc1)N1CCO[C@@H](CN2CCOCC2)[C@@H]1c1cccnc1. The minimum Gasteiger partial charge on any atom is -0.484 e. The molecule has 0 bridgehead atoms. The summed E-state index contributed by atoms with van der Waals surface area (Å²) in [5.41, 5.74) is 0.985. The Morgan fingerprint density at radius 2 is 1.90 bits per heavy atom. The van der Waals surface area contributed by atoms with Crippen molar-refractivity contribution >= 4 is 5.91 Å². The molecular formula is C22H27N3O4. The Hall–Kier alpha value is -2.48. The maximum Gasteiger partial charge on any atom is 0.261 e. The van der Waals surface area contributed by atoms with Crippen molar-refractivity contribution in [2.75, 3.05) is 52.6 Å². The van der Waals surface area contributed by atoms with Crippen LogP contribution >= 0.6 is 0 Å². The molecule has 1 amide bonds. The van der Waals surface area contributed by atoms with E-state index in [1.807, 2.05) is 53.6 Å². The number of aromatic nitrogens is 1. The Bertz CT molecular complexity index is 768. The van der Waals surface area contributed by atoms with Crippen LogP contribution in [-0.4, -0.2) is 79.4 Å². The summed E-state index contributed by atoms with van der Waals surface area (Å²) in [6.45, 7) is 5.04. The number of carbonyl (C=O) groups excluding carboxylic acids is 1. The summed E-state index contributed by atoms with van der Waals surface area (Å²) < 4.78 is 17.3. The minimum absolute atomic E-state index is 0.00501. The van der Waals surface area contributed by atoms with E-state index in [-0.39, 0.29) is 24.7 Å². The molecule has 0 N–H and O–H groups in total. The van der Waals surface area contributed by atoms with Crippen molar-refractivity contribution in [1.82, 2.24) is 14.8 Å². The predicted molar refractivity (Wildman–Crippen MR) is 108 cm³/mol. The average molecular weight is 397 g/mol. The Kier molecular flexibility index (Phi) is 6.71. The first kappa shape index (κ1) is 19.8. The van der Waals surface area contributed by atoms with Gasteiger partial charge in [0.2, 0.25) is 0 Å². The molecule has 2 saturated heterocycles. The van der Waals surface area contributed by atoms with Crippen LogP contribution in [0.1, 0.15) is 11.6 Å². The van der Waals surface area contributed by atoms with Crippen molar-refractivity contribution < 1.29 is 19.0 Å². The zero-order valence-electron chi connectivity index (χ0n) is 16.5. The predicted octanol–water partition coefficient (Wildman–Crippen LogP) is 1.76. The number of rotatable bonds is 6. The van der Waals surface area contributed by atoms with Gasteiger partial charge >= 0.3 is 0 Å². The average Bonchev–Trinajstić information content (AvgIpc) is 2.79. The fourth-order valence-electron chi connectivity index (χ4n) is 3.89.